The minimum atomic E-state index is -1.02. The van der Waals surface area contributed by atoms with Gasteiger partial charge in [-0.25, -0.2) is 0 Å². The van der Waals surface area contributed by atoms with Gasteiger partial charge in [-0.05, 0) is 37.1 Å². The highest BCUT2D eigenvalue weighted by molar-refractivity contribution is 5.97. The van der Waals surface area contributed by atoms with Gasteiger partial charge < -0.3 is 30.2 Å². The van der Waals surface area contributed by atoms with Crippen LogP contribution in [-0.2, 0) is 35.1 Å². The van der Waals surface area contributed by atoms with Crippen molar-refractivity contribution in [2.24, 2.45) is 0 Å². The van der Waals surface area contributed by atoms with Gasteiger partial charge in [0.05, 0.1) is 33.5 Å². The number of amides is 3. The Balaban J connectivity index is 1.47. The summed E-state index contributed by atoms with van der Waals surface area (Å²) in [7, 11) is 1.56. The molecule has 11 nitrogen and oxygen atoms in total. The van der Waals surface area contributed by atoms with Gasteiger partial charge in [-0.2, -0.15) is 0 Å². The monoisotopic (exact) mass is 566 g/mol. The van der Waals surface area contributed by atoms with Crippen molar-refractivity contribution in [1.29, 1.82) is 0 Å². The molecule has 220 valence electrons. The standard InChI is InChI=1S/C30H38N4O7/c1-19-4-8-22(9-5-19)27(28(36)25-18-41-25)33-30(38)24(16-21-6-10-23(39-3)11-7-21)32-29(37)20(2)31-26(35)17-34-12-14-40-15-13-34/h4-11,20,24-25,27H,12-18H2,1-3H3,(H,31,35)(H,32,37)(H,33,38)/t20-,24-,25+,27-/m0/s1. The van der Waals surface area contributed by atoms with Crippen LogP contribution in [0.2, 0.25) is 0 Å². The average molecular weight is 567 g/mol. The highest BCUT2D eigenvalue weighted by Crippen LogP contribution is 2.23. The molecular formula is C30H38N4O7. The van der Waals surface area contributed by atoms with E-state index in [2.05, 4.69) is 16.0 Å². The molecule has 0 saturated carbocycles. The minimum absolute atomic E-state index is 0.153. The fourth-order valence-corrected chi connectivity index (χ4v) is 4.54. The molecular weight excluding hydrogens is 528 g/mol. The Morgan fingerprint density at radius 2 is 1.61 bits per heavy atom. The van der Waals surface area contributed by atoms with Gasteiger partial charge in [-0.3, -0.25) is 24.1 Å². The predicted molar refractivity (Wildman–Crippen MR) is 150 cm³/mol. The topological polar surface area (TPSA) is 139 Å². The number of carbonyl (C=O) groups excluding carboxylic acids is 4. The van der Waals surface area contributed by atoms with Gasteiger partial charge >= 0.3 is 0 Å². The first-order valence-electron chi connectivity index (χ1n) is 13.8. The summed E-state index contributed by atoms with van der Waals surface area (Å²) in [6, 6.07) is 11.6. The molecule has 2 aliphatic heterocycles. The van der Waals surface area contributed by atoms with Crippen molar-refractivity contribution in [1.82, 2.24) is 20.9 Å². The molecule has 11 heteroatoms. The van der Waals surface area contributed by atoms with E-state index in [1.54, 1.807) is 50.4 Å². The lowest BCUT2D eigenvalue weighted by Gasteiger charge is -2.27. The van der Waals surface area contributed by atoms with Crippen molar-refractivity contribution in [3.8, 4) is 5.75 Å². The van der Waals surface area contributed by atoms with E-state index in [1.165, 1.54) is 0 Å². The maximum Gasteiger partial charge on any atom is 0.243 e. The number of ketones is 1. The summed E-state index contributed by atoms with van der Waals surface area (Å²) in [4.78, 5) is 54.4. The molecule has 4 rings (SSSR count). The number of hydrogen-bond donors (Lipinski definition) is 3. The predicted octanol–water partition coefficient (Wildman–Crippen LogP) is 0.693. The third kappa shape index (κ3) is 8.84. The van der Waals surface area contributed by atoms with E-state index in [-0.39, 0.29) is 24.7 Å². The summed E-state index contributed by atoms with van der Waals surface area (Å²) in [6.45, 7) is 6.37. The van der Waals surface area contributed by atoms with Gasteiger partial charge in [0.1, 0.15) is 30.0 Å². The number of nitrogens with zero attached hydrogens (tertiary/aromatic N) is 1. The Hall–Kier alpha value is -3.80. The van der Waals surface area contributed by atoms with Gasteiger partial charge in [0.15, 0.2) is 5.78 Å². The van der Waals surface area contributed by atoms with Crippen molar-refractivity contribution < 1.29 is 33.4 Å². The number of Topliss-reactive ketones (excluding diaryl/α,β-unsaturated/α-hetero) is 1. The molecule has 4 atom stereocenters. The van der Waals surface area contributed by atoms with Crippen LogP contribution < -0.4 is 20.7 Å². The third-order valence-electron chi connectivity index (χ3n) is 7.11. The number of epoxide rings is 1. The summed E-state index contributed by atoms with van der Waals surface area (Å²) >= 11 is 0. The molecule has 0 bridgehead atoms. The zero-order valence-electron chi connectivity index (χ0n) is 23.7. The number of methoxy groups -OCH3 is 1. The van der Waals surface area contributed by atoms with E-state index in [0.717, 1.165) is 11.1 Å². The molecule has 2 fully saturated rings. The van der Waals surface area contributed by atoms with Crippen LogP contribution in [0, 0.1) is 6.92 Å². The van der Waals surface area contributed by atoms with Crippen LogP contribution in [0.4, 0.5) is 0 Å². The van der Waals surface area contributed by atoms with Crippen molar-refractivity contribution >= 4 is 23.5 Å². The number of hydrogen-bond acceptors (Lipinski definition) is 8. The average Bonchev–Trinajstić information content (AvgIpc) is 3.82. The Bertz CT molecular complexity index is 1210. The zero-order chi connectivity index (χ0) is 29.4. The molecule has 0 spiro atoms. The normalized spacial score (nSPS) is 18.9. The molecule has 3 N–H and O–H groups in total. The first-order valence-corrected chi connectivity index (χ1v) is 13.8. The molecule has 2 saturated heterocycles. The third-order valence-corrected chi connectivity index (χ3v) is 7.11. The zero-order valence-corrected chi connectivity index (χ0v) is 23.7. The minimum Gasteiger partial charge on any atom is -0.497 e. The molecule has 2 aromatic rings. The molecule has 2 heterocycles. The molecule has 3 amide bonds. The van der Waals surface area contributed by atoms with Gasteiger partial charge in [-0.1, -0.05) is 42.0 Å². The van der Waals surface area contributed by atoms with Crippen molar-refractivity contribution in [2.75, 3.05) is 46.6 Å². The molecule has 0 unspecified atom stereocenters. The number of morpholine rings is 1. The lowest BCUT2D eigenvalue weighted by Crippen LogP contribution is -2.55. The number of carbonyl (C=O) groups is 4. The van der Waals surface area contributed by atoms with Crippen LogP contribution in [0.25, 0.3) is 0 Å². The molecule has 0 aromatic heterocycles. The molecule has 0 aliphatic carbocycles. The molecule has 41 heavy (non-hydrogen) atoms. The van der Waals surface area contributed by atoms with Crippen LogP contribution in [0.15, 0.2) is 48.5 Å². The highest BCUT2D eigenvalue weighted by Gasteiger charge is 2.39. The van der Waals surface area contributed by atoms with Gasteiger partial charge in [0.25, 0.3) is 0 Å². The van der Waals surface area contributed by atoms with Gasteiger partial charge in [-0.15, -0.1) is 0 Å². The summed E-state index contributed by atoms with van der Waals surface area (Å²) < 4.78 is 15.7. The van der Waals surface area contributed by atoms with E-state index in [0.29, 0.717) is 44.2 Å². The van der Waals surface area contributed by atoms with E-state index in [9.17, 15) is 19.2 Å². The van der Waals surface area contributed by atoms with E-state index in [1.807, 2.05) is 24.0 Å². The Morgan fingerprint density at radius 1 is 0.951 bits per heavy atom. The lowest BCUT2D eigenvalue weighted by molar-refractivity contribution is -0.133. The van der Waals surface area contributed by atoms with Gasteiger partial charge in [0.2, 0.25) is 17.7 Å². The summed E-state index contributed by atoms with van der Waals surface area (Å²) in [5, 5.41) is 8.33. The van der Waals surface area contributed by atoms with Crippen LogP contribution in [0.5, 0.6) is 5.75 Å². The van der Waals surface area contributed by atoms with Crippen LogP contribution in [-0.4, -0.2) is 93.2 Å². The lowest BCUT2D eigenvalue weighted by atomic mass is 9.98. The van der Waals surface area contributed by atoms with E-state index >= 15 is 0 Å². The quantitative estimate of drug-likeness (QED) is 0.301. The van der Waals surface area contributed by atoms with E-state index in [4.69, 9.17) is 14.2 Å². The number of nitrogens with one attached hydrogen (secondary N) is 3. The highest BCUT2D eigenvalue weighted by atomic mass is 16.6. The van der Waals surface area contributed by atoms with Crippen molar-refractivity contribution in [3.63, 3.8) is 0 Å². The Kier molecular flexibility index (Phi) is 10.4. The Morgan fingerprint density at radius 3 is 2.22 bits per heavy atom. The van der Waals surface area contributed by atoms with Crippen molar-refractivity contribution in [2.45, 2.75) is 44.5 Å². The van der Waals surface area contributed by atoms with Crippen molar-refractivity contribution in [3.05, 3.63) is 65.2 Å². The number of benzene rings is 2. The fraction of sp³-hybridized carbons (Fsp3) is 0.467. The largest absolute Gasteiger partial charge is 0.497 e. The summed E-state index contributed by atoms with van der Waals surface area (Å²) in [6.07, 6.45) is -0.414. The Labute approximate surface area is 239 Å². The van der Waals surface area contributed by atoms with Gasteiger partial charge in [0, 0.05) is 19.5 Å². The maximum atomic E-state index is 13.7. The first-order chi connectivity index (χ1) is 19.7. The summed E-state index contributed by atoms with van der Waals surface area (Å²) in [5.41, 5.74) is 2.42. The second-order valence-corrected chi connectivity index (χ2v) is 10.4. The molecule has 2 aliphatic rings. The number of ether oxygens (including phenoxy) is 3. The second kappa shape index (κ2) is 14.2. The number of aryl methyl sites for hydroxylation is 1. The van der Waals surface area contributed by atoms with Crippen LogP contribution >= 0.6 is 0 Å². The van der Waals surface area contributed by atoms with Crippen LogP contribution in [0.1, 0.15) is 29.7 Å². The maximum absolute atomic E-state index is 13.7. The van der Waals surface area contributed by atoms with E-state index < -0.39 is 36.0 Å². The second-order valence-electron chi connectivity index (χ2n) is 10.4. The molecule has 2 aromatic carbocycles. The smallest absolute Gasteiger partial charge is 0.243 e. The molecule has 0 radical (unpaired) electrons. The first kappa shape index (κ1) is 30.2. The number of rotatable bonds is 13. The van der Waals surface area contributed by atoms with Crippen LogP contribution in [0.3, 0.4) is 0 Å². The SMILES string of the molecule is COc1ccc(C[C@H](NC(=O)[C@H](C)NC(=O)CN2CCOCC2)C(=O)N[C@H](C(=O)[C@H]2CO2)c2ccc(C)cc2)cc1. The summed E-state index contributed by atoms with van der Waals surface area (Å²) in [5.74, 6) is -0.927. The fourth-order valence-electron chi connectivity index (χ4n) is 4.54.